The molecule has 0 atom stereocenters. The zero-order valence-electron chi connectivity index (χ0n) is 20.2. The summed E-state index contributed by atoms with van der Waals surface area (Å²) in [4.78, 5) is 25.9. The van der Waals surface area contributed by atoms with Crippen LogP contribution in [-0.4, -0.2) is 56.7 Å². The van der Waals surface area contributed by atoms with Crippen molar-refractivity contribution in [1.29, 1.82) is 0 Å². The zero-order chi connectivity index (χ0) is 23.2. The molecule has 1 fully saturated rings. The van der Waals surface area contributed by atoms with Crippen LogP contribution >= 0.6 is 12.4 Å². The summed E-state index contributed by atoms with van der Waals surface area (Å²) < 4.78 is 1.93. The van der Waals surface area contributed by atoms with Crippen molar-refractivity contribution in [2.45, 2.75) is 39.8 Å². The van der Waals surface area contributed by atoms with Gasteiger partial charge in [-0.1, -0.05) is 31.2 Å². The number of hydrogen-bond donors (Lipinski definition) is 1. The molecule has 2 aromatic heterocycles. The topological polar surface area (TPSA) is 79.2 Å². The lowest BCUT2D eigenvalue weighted by molar-refractivity contribution is -0.121. The molecule has 8 nitrogen and oxygen atoms in total. The standard InChI is InChI=1S/C25H33N7O.ClH/c1-4-5-23(33)28-16-20-6-8-21(9-7-20)24-25(27-11-10-26-24)32-14-12-31(13-15-32)18-22-17-29-30(3)19(22)2;/h6-11,17H,4-5,12-16,18H2,1-3H3,(H,28,33);1H. The Labute approximate surface area is 207 Å². The van der Waals surface area contributed by atoms with Gasteiger partial charge < -0.3 is 10.2 Å². The van der Waals surface area contributed by atoms with Crippen molar-refractivity contribution >= 4 is 24.1 Å². The number of halogens is 1. The molecule has 0 aliphatic carbocycles. The highest BCUT2D eigenvalue weighted by Gasteiger charge is 2.22. The first kappa shape index (κ1) is 25.6. The highest BCUT2D eigenvalue weighted by atomic mass is 35.5. The third kappa shape index (κ3) is 6.12. The fourth-order valence-electron chi connectivity index (χ4n) is 4.12. The summed E-state index contributed by atoms with van der Waals surface area (Å²) in [5.41, 5.74) is 5.53. The van der Waals surface area contributed by atoms with Crippen molar-refractivity contribution < 1.29 is 4.79 Å². The van der Waals surface area contributed by atoms with E-state index in [1.54, 1.807) is 12.4 Å². The molecular weight excluding hydrogens is 450 g/mol. The Morgan fingerprint density at radius 1 is 1.06 bits per heavy atom. The molecule has 1 N–H and O–H groups in total. The van der Waals surface area contributed by atoms with Crippen LogP contribution in [0.1, 0.15) is 36.6 Å². The molecule has 4 rings (SSSR count). The highest BCUT2D eigenvalue weighted by Crippen LogP contribution is 2.28. The van der Waals surface area contributed by atoms with Gasteiger partial charge >= 0.3 is 0 Å². The molecule has 0 spiro atoms. The number of nitrogens with one attached hydrogen (secondary N) is 1. The number of hydrogen-bond acceptors (Lipinski definition) is 6. The van der Waals surface area contributed by atoms with Crippen molar-refractivity contribution in [3.63, 3.8) is 0 Å². The Hall–Kier alpha value is -2.97. The van der Waals surface area contributed by atoms with E-state index in [9.17, 15) is 4.79 Å². The summed E-state index contributed by atoms with van der Waals surface area (Å²) >= 11 is 0. The molecule has 34 heavy (non-hydrogen) atoms. The maximum Gasteiger partial charge on any atom is 0.220 e. The van der Waals surface area contributed by atoms with Gasteiger partial charge in [-0.25, -0.2) is 4.98 Å². The minimum atomic E-state index is 0. The van der Waals surface area contributed by atoms with Crippen LogP contribution < -0.4 is 10.2 Å². The molecule has 0 saturated carbocycles. The van der Waals surface area contributed by atoms with Crippen LogP contribution in [0.2, 0.25) is 0 Å². The van der Waals surface area contributed by atoms with E-state index < -0.39 is 0 Å². The lowest BCUT2D eigenvalue weighted by atomic mass is 10.1. The summed E-state index contributed by atoms with van der Waals surface area (Å²) in [6.45, 7) is 9.37. The summed E-state index contributed by atoms with van der Waals surface area (Å²) in [5, 5.41) is 7.33. The van der Waals surface area contributed by atoms with Gasteiger partial charge in [0.25, 0.3) is 0 Å². The number of piperazine rings is 1. The third-order valence-electron chi connectivity index (χ3n) is 6.28. The molecule has 1 aliphatic heterocycles. The van der Waals surface area contributed by atoms with Crippen molar-refractivity contribution in [2.24, 2.45) is 7.05 Å². The number of amides is 1. The molecule has 1 aliphatic rings. The maximum atomic E-state index is 11.7. The zero-order valence-corrected chi connectivity index (χ0v) is 21.0. The van der Waals surface area contributed by atoms with Gasteiger partial charge in [-0.15, -0.1) is 12.4 Å². The predicted octanol–water partition coefficient (Wildman–Crippen LogP) is 3.35. The van der Waals surface area contributed by atoms with Crippen LogP contribution in [0.15, 0.2) is 42.9 Å². The van der Waals surface area contributed by atoms with E-state index in [0.717, 1.165) is 61.8 Å². The lowest BCUT2D eigenvalue weighted by Gasteiger charge is -2.35. The number of rotatable bonds is 8. The van der Waals surface area contributed by atoms with Gasteiger partial charge in [0.15, 0.2) is 5.82 Å². The molecule has 1 amide bonds. The third-order valence-corrected chi connectivity index (χ3v) is 6.28. The molecule has 3 aromatic rings. The van der Waals surface area contributed by atoms with Gasteiger partial charge in [0.2, 0.25) is 5.91 Å². The molecule has 3 heterocycles. The first-order valence-electron chi connectivity index (χ1n) is 11.7. The number of carbonyl (C=O) groups excluding carboxylic acids is 1. The normalized spacial score (nSPS) is 14.0. The summed E-state index contributed by atoms with van der Waals surface area (Å²) in [6.07, 6.45) is 6.91. The average Bonchev–Trinajstić information content (AvgIpc) is 3.16. The largest absolute Gasteiger partial charge is 0.352 e. The number of benzene rings is 1. The number of aromatic nitrogens is 4. The predicted molar refractivity (Wildman–Crippen MR) is 137 cm³/mol. The molecule has 182 valence electrons. The molecule has 0 bridgehead atoms. The van der Waals surface area contributed by atoms with Crippen molar-refractivity contribution in [1.82, 2.24) is 30.0 Å². The number of aryl methyl sites for hydroxylation is 1. The van der Waals surface area contributed by atoms with E-state index in [0.29, 0.717) is 13.0 Å². The quantitative estimate of drug-likeness (QED) is 0.529. The average molecular weight is 484 g/mol. The first-order valence-corrected chi connectivity index (χ1v) is 11.7. The van der Waals surface area contributed by atoms with Gasteiger partial charge in [-0.3, -0.25) is 19.4 Å². The van der Waals surface area contributed by atoms with Gasteiger partial charge in [0, 0.05) is 82.0 Å². The second-order valence-electron chi connectivity index (χ2n) is 8.59. The van der Waals surface area contributed by atoms with Crippen molar-refractivity contribution in [2.75, 3.05) is 31.1 Å². The summed E-state index contributed by atoms with van der Waals surface area (Å²) in [7, 11) is 1.99. The van der Waals surface area contributed by atoms with Crippen LogP contribution in [0.25, 0.3) is 11.3 Å². The molecular formula is C25H34ClN7O. The Morgan fingerprint density at radius 2 is 1.76 bits per heavy atom. The minimum absolute atomic E-state index is 0. The van der Waals surface area contributed by atoms with E-state index >= 15 is 0 Å². The van der Waals surface area contributed by atoms with Crippen LogP contribution in [0.4, 0.5) is 5.82 Å². The van der Waals surface area contributed by atoms with E-state index in [4.69, 9.17) is 0 Å². The smallest absolute Gasteiger partial charge is 0.220 e. The summed E-state index contributed by atoms with van der Waals surface area (Å²) in [5.74, 6) is 1.02. The van der Waals surface area contributed by atoms with Crippen molar-refractivity contribution in [3.05, 3.63) is 59.7 Å². The van der Waals surface area contributed by atoms with Gasteiger partial charge in [0.05, 0.1) is 6.20 Å². The van der Waals surface area contributed by atoms with Gasteiger partial charge in [-0.05, 0) is 18.9 Å². The minimum Gasteiger partial charge on any atom is -0.352 e. The number of nitrogens with zero attached hydrogens (tertiary/aromatic N) is 6. The van der Waals surface area contributed by atoms with E-state index in [1.807, 2.05) is 37.0 Å². The molecule has 0 unspecified atom stereocenters. The lowest BCUT2D eigenvalue weighted by Crippen LogP contribution is -2.46. The Morgan fingerprint density at radius 3 is 2.41 bits per heavy atom. The molecule has 9 heteroatoms. The molecule has 1 aromatic carbocycles. The fraction of sp³-hybridized carbons (Fsp3) is 0.440. The highest BCUT2D eigenvalue weighted by molar-refractivity contribution is 5.85. The van der Waals surface area contributed by atoms with Gasteiger partial charge in [-0.2, -0.15) is 5.10 Å². The fourth-order valence-corrected chi connectivity index (χ4v) is 4.12. The summed E-state index contributed by atoms with van der Waals surface area (Å²) in [6, 6.07) is 8.23. The van der Waals surface area contributed by atoms with Gasteiger partial charge in [0.1, 0.15) is 5.69 Å². The van der Waals surface area contributed by atoms with Crippen LogP contribution in [-0.2, 0) is 24.9 Å². The van der Waals surface area contributed by atoms with Crippen LogP contribution in [0, 0.1) is 6.92 Å². The number of carbonyl (C=O) groups is 1. The molecule has 0 radical (unpaired) electrons. The van der Waals surface area contributed by atoms with E-state index in [2.05, 4.69) is 49.2 Å². The van der Waals surface area contributed by atoms with Crippen LogP contribution in [0.5, 0.6) is 0 Å². The van der Waals surface area contributed by atoms with Crippen molar-refractivity contribution in [3.8, 4) is 11.3 Å². The Bertz CT molecular complexity index is 1080. The van der Waals surface area contributed by atoms with Crippen LogP contribution in [0.3, 0.4) is 0 Å². The van der Waals surface area contributed by atoms with E-state index in [-0.39, 0.29) is 18.3 Å². The van der Waals surface area contributed by atoms with E-state index in [1.165, 1.54) is 11.3 Å². The maximum absolute atomic E-state index is 11.7. The Balaban J connectivity index is 0.00000324. The second kappa shape index (κ2) is 11.9. The Kier molecular flexibility index (Phi) is 9.01. The SMILES string of the molecule is CCCC(=O)NCc1ccc(-c2nccnc2N2CCN(Cc3cnn(C)c3C)CC2)cc1.Cl. The first-order chi connectivity index (χ1) is 16.0. The molecule has 1 saturated heterocycles. The monoisotopic (exact) mass is 483 g/mol. The second-order valence-corrected chi connectivity index (χ2v) is 8.59. The number of anilines is 1.